The summed E-state index contributed by atoms with van der Waals surface area (Å²) in [6.45, 7) is 5.56. The molecule has 0 aromatic rings. The Hall–Kier alpha value is -1.10. The molecule has 18 heavy (non-hydrogen) atoms. The molecule has 0 aromatic heterocycles. The number of nitrogens with zero attached hydrogens (tertiary/aromatic N) is 1. The summed E-state index contributed by atoms with van der Waals surface area (Å²) in [7, 11) is 0. The highest BCUT2D eigenvalue weighted by atomic mass is 16.5. The van der Waals surface area contributed by atoms with Gasteiger partial charge in [0.25, 0.3) is 0 Å². The minimum Gasteiger partial charge on any atom is -0.378 e. The molecular formula is C13H22N2O3. The summed E-state index contributed by atoms with van der Waals surface area (Å²) >= 11 is 0. The van der Waals surface area contributed by atoms with Crippen LogP contribution in [0.25, 0.3) is 0 Å². The second-order valence-corrected chi connectivity index (χ2v) is 5.64. The minimum absolute atomic E-state index is 0.00588. The average molecular weight is 254 g/mol. The Balaban J connectivity index is 1.93. The van der Waals surface area contributed by atoms with Crippen LogP contribution in [-0.4, -0.2) is 48.1 Å². The van der Waals surface area contributed by atoms with Crippen LogP contribution in [0.3, 0.4) is 0 Å². The van der Waals surface area contributed by atoms with E-state index in [1.807, 2.05) is 0 Å². The molecule has 2 aliphatic rings. The maximum Gasteiger partial charge on any atom is 0.247 e. The van der Waals surface area contributed by atoms with Crippen LogP contribution in [0, 0.1) is 0 Å². The molecule has 102 valence electrons. The van der Waals surface area contributed by atoms with Crippen molar-refractivity contribution in [3.05, 3.63) is 0 Å². The molecule has 1 N–H and O–H groups in total. The van der Waals surface area contributed by atoms with E-state index in [-0.39, 0.29) is 17.9 Å². The van der Waals surface area contributed by atoms with E-state index in [1.165, 1.54) is 0 Å². The molecule has 2 amide bonds. The zero-order valence-corrected chi connectivity index (χ0v) is 11.2. The van der Waals surface area contributed by atoms with Gasteiger partial charge in [-0.25, -0.2) is 0 Å². The van der Waals surface area contributed by atoms with Gasteiger partial charge in [0.05, 0.1) is 6.10 Å². The molecule has 2 heterocycles. The fourth-order valence-electron chi connectivity index (χ4n) is 2.58. The molecule has 2 rings (SSSR count). The summed E-state index contributed by atoms with van der Waals surface area (Å²) in [4.78, 5) is 25.6. The first-order chi connectivity index (χ1) is 8.49. The van der Waals surface area contributed by atoms with Crippen LogP contribution in [-0.2, 0) is 14.3 Å². The van der Waals surface area contributed by atoms with Crippen molar-refractivity contribution in [1.29, 1.82) is 0 Å². The summed E-state index contributed by atoms with van der Waals surface area (Å²) in [5.41, 5.74) is -0.788. The van der Waals surface area contributed by atoms with Gasteiger partial charge in [-0.3, -0.25) is 9.59 Å². The number of nitrogens with one attached hydrogen (secondary N) is 1. The van der Waals surface area contributed by atoms with E-state index in [0.29, 0.717) is 19.5 Å². The van der Waals surface area contributed by atoms with Gasteiger partial charge in [0.2, 0.25) is 11.8 Å². The summed E-state index contributed by atoms with van der Waals surface area (Å²) in [5.74, 6) is -0.0423. The molecule has 0 radical (unpaired) electrons. The second-order valence-electron chi connectivity index (χ2n) is 5.64. The lowest BCUT2D eigenvalue weighted by molar-refractivity contribution is -0.137. The van der Waals surface area contributed by atoms with Crippen LogP contribution in [0.2, 0.25) is 0 Å². The van der Waals surface area contributed by atoms with Crippen molar-refractivity contribution in [3.8, 4) is 0 Å². The summed E-state index contributed by atoms with van der Waals surface area (Å²) < 4.78 is 5.56. The van der Waals surface area contributed by atoms with Gasteiger partial charge in [0, 0.05) is 26.1 Å². The Bertz CT molecular complexity index is 335. The van der Waals surface area contributed by atoms with Gasteiger partial charge in [-0.15, -0.1) is 0 Å². The molecule has 5 nitrogen and oxygen atoms in total. The van der Waals surface area contributed by atoms with Crippen LogP contribution < -0.4 is 5.32 Å². The van der Waals surface area contributed by atoms with E-state index in [1.54, 1.807) is 18.7 Å². The van der Waals surface area contributed by atoms with Crippen molar-refractivity contribution in [2.75, 3.05) is 19.7 Å². The second kappa shape index (κ2) is 5.26. The Labute approximate surface area is 108 Å². The molecule has 0 aliphatic carbocycles. The van der Waals surface area contributed by atoms with E-state index in [2.05, 4.69) is 5.32 Å². The molecule has 2 fully saturated rings. The molecule has 0 spiro atoms. The molecule has 0 aromatic carbocycles. The Morgan fingerprint density at radius 3 is 2.89 bits per heavy atom. The normalized spacial score (nSPS) is 28.1. The fourth-order valence-corrected chi connectivity index (χ4v) is 2.58. The van der Waals surface area contributed by atoms with Gasteiger partial charge in [0.1, 0.15) is 5.54 Å². The largest absolute Gasteiger partial charge is 0.378 e. The van der Waals surface area contributed by atoms with Crippen molar-refractivity contribution < 1.29 is 14.3 Å². The summed E-state index contributed by atoms with van der Waals surface area (Å²) in [5, 5.41) is 2.76. The van der Waals surface area contributed by atoms with Crippen LogP contribution in [0.15, 0.2) is 0 Å². The molecule has 5 heteroatoms. The minimum atomic E-state index is -0.788. The first kappa shape index (κ1) is 13.3. The smallest absolute Gasteiger partial charge is 0.247 e. The lowest BCUT2D eigenvalue weighted by atomic mass is 10.0. The average Bonchev–Trinajstić information content (AvgIpc) is 2.77. The Kier molecular flexibility index (Phi) is 3.90. The number of carbonyl (C=O) groups is 2. The van der Waals surface area contributed by atoms with E-state index >= 15 is 0 Å². The van der Waals surface area contributed by atoms with Crippen molar-refractivity contribution in [1.82, 2.24) is 10.2 Å². The fraction of sp³-hybridized carbons (Fsp3) is 0.846. The maximum atomic E-state index is 12.3. The van der Waals surface area contributed by atoms with Crippen molar-refractivity contribution in [2.45, 2.75) is 51.2 Å². The van der Waals surface area contributed by atoms with Crippen LogP contribution >= 0.6 is 0 Å². The predicted octanol–water partition coefficient (Wildman–Crippen LogP) is 0.683. The van der Waals surface area contributed by atoms with Gasteiger partial charge in [-0.1, -0.05) is 0 Å². The Morgan fingerprint density at radius 1 is 1.44 bits per heavy atom. The quantitative estimate of drug-likeness (QED) is 0.806. The highest BCUT2D eigenvalue weighted by molar-refractivity contribution is 5.92. The number of hydrogen-bond donors (Lipinski definition) is 1. The van der Waals surface area contributed by atoms with Crippen LogP contribution in [0.4, 0.5) is 0 Å². The maximum absolute atomic E-state index is 12.3. The van der Waals surface area contributed by atoms with Crippen molar-refractivity contribution in [3.63, 3.8) is 0 Å². The van der Waals surface area contributed by atoms with Gasteiger partial charge < -0.3 is 15.0 Å². The SMILES string of the molecule is CC1(C)NC(=O)CCN(CCC2CCCO2)C1=O. The first-order valence-electron chi connectivity index (χ1n) is 6.71. The molecule has 0 saturated carbocycles. The zero-order chi connectivity index (χ0) is 13.2. The zero-order valence-electron chi connectivity index (χ0n) is 11.2. The molecule has 2 aliphatic heterocycles. The van der Waals surface area contributed by atoms with Crippen molar-refractivity contribution in [2.24, 2.45) is 0 Å². The standard InChI is InChI=1S/C13H22N2O3/c1-13(2)12(17)15(8-6-11(16)14-13)7-5-10-4-3-9-18-10/h10H,3-9H2,1-2H3,(H,14,16). The third-order valence-electron chi connectivity index (χ3n) is 3.63. The molecule has 2 saturated heterocycles. The van der Waals surface area contributed by atoms with Gasteiger partial charge >= 0.3 is 0 Å². The van der Waals surface area contributed by atoms with Gasteiger partial charge in [0.15, 0.2) is 0 Å². The van der Waals surface area contributed by atoms with Gasteiger partial charge in [-0.05, 0) is 33.1 Å². The van der Waals surface area contributed by atoms with Gasteiger partial charge in [-0.2, -0.15) is 0 Å². The van der Waals surface area contributed by atoms with E-state index < -0.39 is 5.54 Å². The number of hydrogen-bond acceptors (Lipinski definition) is 3. The van der Waals surface area contributed by atoms with Crippen molar-refractivity contribution >= 4 is 11.8 Å². The van der Waals surface area contributed by atoms with Crippen LogP contribution in [0.5, 0.6) is 0 Å². The number of carbonyl (C=O) groups excluding carboxylic acids is 2. The summed E-state index contributed by atoms with van der Waals surface area (Å²) in [6, 6.07) is 0. The molecule has 0 bridgehead atoms. The molecule has 1 unspecified atom stereocenters. The third-order valence-corrected chi connectivity index (χ3v) is 3.63. The lowest BCUT2D eigenvalue weighted by Crippen LogP contribution is -2.53. The monoisotopic (exact) mass is 254 g/mol. The highest BCUT2D eigenvalue weighted by Crippen LogP contribution is 2.18. The van der Waals surface area contributed by atoms with E-state index in [9.17, 15) is 9.59 Å². The topological polar surface area (TPSA) is 58.6 Å². The number of amides is 2. The Morgan fingerprint density at radius 2 is 2.22 bits per heavy atom. The van der Waals surface area contributed by atoms with E-state index in [4.69, 9.17) is 4.74 Å². The molecule has 1 atom stereocenters. The third kappa shape index (κ3) is 3.02. The number of rotatable bonds is 3. The highest BCUT2D eigenvalue weighted by Gasteiger charge is 2.36. The predicted molar refractivity (Wildman–Crippen MR) is 67.0 cm³/mol. The lowest BCUT2D eigenvalue weighted by Gasteiger charge is -2.29. The van der Waals surface area contributed by atoms with E-state index in [0.717, 1.165) is 25.9 Å². The van der Waals surface area contributed by atoms with Crippen LogP contribution in [0.1, 0.15) is 39.5 Å². The number of ether oxygens (including phenoxy) is 1. The first-order valence-corrected chi connectivity index (χ1v) is 6.71. The molecular weight excluding hydrogens is 232 g/mol. The summed E-state index contributed by atoms with van der Waals surface area (Å²) in [6.07, 6.45) is 3.75.